The molecule has 0 aromatic heterocycles. The van der Waals surface area contributed by atoms with Crippen LogP contribution in [-0.4, -0.2) is 61.4 Å². The highest BCUT2D eigenvalue weighted by Gasteiger charge is 2.23. The molecule has 126 valence electrons. The number of likely N-dealkylation sites (N-methyl/N-ethyl adjacent to an activating group) is 1. The highest BCUT2D eigenvalue weighted by Crippen LogP contribution is 2.07. The number of carboxylic acids is 1. The van der Waals surface area contributed by atoms with Gasteiger partial charge in [0.05, 0.1) is 33.7 Å². The lowest BCUT2D eigenvalue weighted by molar-refractivity contribution is -0.873. The first-order valence-corrected chi connectivity index (χ1v) is 7.29. The van der Waals surface area contributed by atoms with E-state index in [0.717, 1.165) is 0 Å². The molecule has 0 aliphatic heterocycles. The fraction of sp³-hybridized carbons (Fsp3) is 0.625. The largest absolute Gasteiger partial charge is 0.550 e. The predicted octanol–water partition coefficient (Wildman–Crippen LogP) is 0.0178. The summed E-state index contributed by atoms with van der Waals surface area (Å²) in [5.74, 6) is -1.89. The molecule has 0 saturated carbocycles. The van der Waals surface area contributed by atoms with Crippen molar-refractivity contribution in [2.75, 3.05) is 27.7 Å². The van der Waals surface area contributed by atoms with Crippen molar-refractivity contribution in [3.05, 3.63) is 24.3 Å². The van der Waals surface area contributed by atoms with Crippen LogP contribution < -0.4 is 5.11 Å². The zero-order valence-corrected chi connectivity index (χ0v) is 13.8. The van der Waals surface area contributed by atoms with Gasteiger partial charge in [0.15, 0.2) is 6.10 Å². The summed E-state index contributed by atoms with van der Waals surface area (Å²) < 4.78 is 5.61. The third-order valence-corrected chi connectivity index (χ3v) is 2.69. The number of allylic oxidation sites excluding steroid dienone is 3. The van der Waals surface area contributed by atoms with Gasteiger partial charge in [0.2, 0.25) is 0 Å². The van der Waals surface area contributed by atoms with Gasteiger partial charge in [-0.1, -0.05) is 24.3 Å². The number of aliphatic hydroxyl groups is 1. The summed E-state index contributed by atoms with van der Waals surface area (Å²) in [6, 6.07) is 0. The lowest BCUT2D eigenvalue weighted by Crippen LogP contribution is -2.45. The van der Waals surface area contributed by atoms with Crippen LogP contribution in [0.1, 0.15) is 26.2 Å². The van der Waals surface area contributed by atoms with Crippen LogP contribution in [0.3, 0.4) is 0 Å². The summed E-state index contributed by atoms with van der Waals surface area (Å²) in [6.45, 7) is 2.25. The second-order valence-corrected chi connectivity index (χ2v) is 6.17. The molecule has 0 aliphatic rings. The molecule has 0 heterocycles. The second kappa shape index (κ2) is 10.1. The molecule has 6 heteroatoms. The Kier molecular flexibility index (Phi) is 9.37. The van der Waals surface area contributed by atoms with E-state index in [-0.39, 0.29) is 12.8 Å². The Labute approximate surface area is 132 Å². The van der Waals surface area contributed by atoms with Crippen molar-refractivity contribution in [1.82, 2.24) is 0 Å². The maximum absolute atomic E-state index is 11.8. The summed E-state index contributed by atoms with van der Waals surface area (Å²) in [7, 11) is 5.61. The zero-order valence-electron chi connectivity index (χ0n) is 13.8. The number of ether oxygens (including phenoxy) is 1. The number of nitrogens with zero attached hydrogens (tertiary/aromatic N) is 1. The highest BCUT2D eigenvalue weighted by atomic mass is 16.5. The zero-order chi connectivity index (χ0) is 17.2. The Bertz CT molecular complexity index is 409. The molecule has 1 N–H and O–H groups in total. The van der Waals surface area contributed by atoms with E-state index < -0.39 is 24.1 Å². The van der Waals surface area contributed by atoms with Crippen molar-refractivity contribution in [2.24, 2.45) is 0 Å². The van der Waals surface area contributed by atoms with Gasteiger partial charge in [-0.05, 0) is 13.3 Å². The number of carbonyl (C=O) groups excluding carboxylic acids is 2. The minimum absolute atomic E-state index is 0.201. The van der Waals surface area contributed by atoms with Gasteiger partial charge in [-0.3, -0.25) is 4.79 Å². The first kappa shape index (κ1) is 20.3. The molecular formula is C16H27NO5. The van der Waals surface area contributed by atoms with E-state index in [4.69, 9.17) is 4.74 Å². The number of rotatable bonds is 10. The Hall–Kier alpha value is -1.66. The molecule has 0 aliphatic carbocycles. The number of hydrogen-bond acceptors (Lipinski definition) is 5. The number of aliphatic carboxylic acids is 1. The number of esters is 1. The molecule has 0 spiro atoms. The fourth-order valence-electron chi connectivity index (χ4n) is 1.86. The average molecular weight is 313 g/mol. The van der Waals surface area contributed by atoms with E-state index in [9.17, 15) is 19.8 Å². The van der Waals surface area contributed by atoms with Gasteiger partial charge in [0, 0.05) is 12.4 Å². The second-order valence-electron chi connectivity index (χ2n) is 6.17. The van der Waals surface area contributed by atoms with Crippen molar-refractivity contribution in [1.29, 1.82) is 0 Å². The lowest BCUT2D eigenvalue weighted by atomic mass is 10.2. The van der Waals surface area contributed by atoms with Crippen LogP contribution in [0.25, 0.3) is 0 Å². The Morgan fingerprint density at radius 2 is 1.86 bits per heavy atom. The van der Waals surface area contributed by atoms with E-state index in [1.165, 1.54) is 6.08 Å². The number of hydrogen-bond donors (Lipinski definition) is 1. The summed E-state index contributed by atoms with van der Waals surface area (Å²) >= 11 is 0. The molecule has 0 aromatic rings. The van der Waals surface area contributed by atoms with Crippen LogP contribution >= 0.6 is 0 Å². The first-order chi connectivity index (χ1) is 10.1. The quantitative estimate of drug-likeness (QED) is 0.349. The van der Waals surface area contributed by atoms with E-state index in [2.05, 4.69) is 0 Å². The lowest BCUT2D eigenvalue weighted by Gasteiger charge is -2.29. The molecule has 22 heavy (non-hydrogen) atoms. The monoisotopic (exact) mass is 313 g/mol. The number of quaternary nitrogens is 1. The van der Waals surface area contributed by atoms with Crippen molar-refractivity contribution in [3.8, 4) is 0 Å². The van der Waals surface area contributed by atoms with Gasteiger partial charge in [0.25, 0.3) is 0 Å². The SMILES string of the molecule is C/C=C/C/C=C/C(O)CC(=O)OC(CC(=O)[O-])C[N+](C)(C)C. The van der Waals surface area contributed by atoms with Gasteiger partial charge in [-0.15, -0.1) is 0 Å². The molecule has 6 nitrogen and oxygen atoms in total. The third kappa shape index (κ3) is 12.1. The van der Waals surface area contributed by atoms with Crippen molar-refractivity contribution in [3.63, 3.8) is 0 Å². The number of carbonyl (C=O) groups is 2. The molecule has 0 aromatic carbocycles. The predicted molar refractivity (Wildman–Crippen MR) is 81.6 cm³/mol. The van der Waals surface area contributed by atoms with E-state index in [1.807, 2.05) is 40.2 Å². The van der Waals surface area contributed by atoms with Crippen molar-refractivity contribution in [2.45, 2.75) is 38.4 Å². The van der Waals surface area contributed by atoms with Crippen LogP contribution in [0.4, 0.5) is 0 Å². The Morgan fingerprint density at radius 3 is 2.36 bits per heavy atom. The molecule has 0 saturated heterocycles. The molecule has 0 amide bonds. The summed E-state index contributed by atoms with van der Waals surface area (Å²) in [4.78, 5) is 22.5. The topological polar surface area (TPSA) is 86.7 Å². The first-order valence-electron chi connectivity index (χ1n) is 7.29. The van der Waals surface area contributed by atoms with Gasteiger partial charge in [0.1, 0.15) is 6.54 Å². The Morgan fingerprint density at radius 1 is 1.23 bits per heavy atom. The van der Waals surface area contributed by atoms with Gasteiger partial charge < -0.3 is 24.2 Å². The minimum Gasteiger partial charge on any atom is -0.550 e. The molecular weight excluding hydrogens is 286 g/mol. The minimum atomic E-state index is -1.27. The van der Waals surface area contributed by atoms with E-state index in [0.29, 0.717) is 17.4 Å². The maximum Gasteiger partial charge on any atom is 0.309 e. The maximum atomic E-state index is 11.8. The van der Waals surface area contributed by atoms with Crippen LogP contribution in [0, 0.1) is 0 Å². The standard InChI is InChI=1S/C16H27NO5/c1-5-6-7-8-9-13(18)10-16(21)22-14(11-15(19)20)12-17(2,3)4/h5-6,8-9,13-14,18H,7,10-12H2,1-4H3/b6-5+,9-8+. The molecule has 0 rings (SSSR count). The molecule has 0 fully saturated rings. The van der Waals surface area contributed by atoms with Crippen molar-refractivity contribution < 1.29 is 29.0 Å². The fourth-order valence-corrected chi connectivity index (χ4v) is 1.86. The normalized spacial score (nSPS) is 15.1. The van der Waals surface area contributed by atoms with Crippen LogP contribution in [0.15, 0.2) is 24.3 Å². The smallest absolute Gasteiger partial charge is 0.309 e. The van der Waals surface area contributed by atoms with Crippen LogP contribution in [-0.2, 0) is 14.3 Å². The van der Waals surface area contributed by atoms with E-state index >= 15 is 0 Å². The van der Waals surface area contributed by atoms with E-state index in [1.54, 1.807) is 6.08 Å². The average Bonchev–Trinajstić information content (AvgIpc) is 2.31. The summed E-state index contributed by atoms with van der Waals surface area (Å²) in [5.41, 5.74) is 0. The molecule has 0 radical (unpaired) electrons. The Balaban J connectivity index is 4.43. The summed E-state index contributed by atoms with van der Waals surface area (Å²) in [5, 5.41) is 20.4. The molecule has 2 unspecified atom stereocenters. The summed E-state index contributed by atoms with van der Waals surface area (Å²) in [6.07, 6.45) is 5.50. The van der Waals surface area contributed by atoms with Crippen LogP contribution in [0.2, 0.25) is 0 Å². The van der Waals surface area contributed by atoms with Gasteiger partial charge in [-0.2, -0.15) is 0 Å². The third-order valence-electron chi connectivity index (χ3n) is 2.69. The van der Waals surface area contributed by atoms with Gasteiger partial charge >= 0.3 is 5.97 Å². The molecule has 2 atom stereocenters. The molecule has 0 bridgehead atoms. The van der Waals surface area contributed by atoms with Gasteiger partial charge in [-0.25, -0.2) is 0 Å². The highest BCUT2D eigenvalue weighted by molar-refractivity contribution is 5.71. The number of carboxylic acid groups (broad SMARTS) is 1. The van der Waals surface area contributed by atoms with Crippen LogP contribution in [0.5, 0.6) is 0 Å². The number of aliphatic hydroxyl groups excluding tert-OH is 1. The van der Waals surface area contributed by atoms with Crippen molar-refractivity contribution >= 4 is 11.9 Å².